The summed E-state index contributed by atoms with van der Waals surface area (Å²) in [6.07, 6.45) is 7.10. The van der Waals surface area contributed by atoms with Gasteiger partial charge in [0.25, 0.3) is 0 Å². The Kier molecular flexibility index (Phi) is 4.54. The molecule has 2 rings (SSSR count). The first-order chi connectivity index (χ1) is 8.88. The first-order valence-corrected chi connectivity index (χ1v) is 7.88. The van der Waals surface area contributed by atoms with E-state index in [0.717, 1.165) is 18.9 Å². The highest BCUT2D eigenvalue weighted by atomic mass is 16.2. The quantitative estimate of drug-likeness (QED) is 0.833. The largest absolute Gasteiger partial charge is 0.344 e. The molecule has 1 saturated carbocycles. The van der Waals surface area contributed by atoms with E-state index >= 15 is 0 Å². The Morgan fingerprint density at radius 3 is 2.47 bits per heavy atom. The highest BCUT2D eigenvalue weighted by Crippen LogP contribution is 2.38. The lowest BCUT2D eigenvalue weighted by atomic mass is 9.69. The van der Waals surface area contributed by atoms with Gasteiger partial charge in [0.05, 0.1) is 0 Å². The van der Waals surface area contributed by atoms with E-state index in [0.29, 0.717) is 29.8 Å². The van der Waals surface area contributed by atoms with Crippen molar-refractivity contribution in [2.24, 2.45) is 11.3 Å². The molecule has 1 aliphatic carbocycles. The van der Waals surface area contributed by atoms with Crippen LogP contribution in [0.25, 0.3) is 0 Å². The van der Waals surface area contributed by atoms with Crippen LogP contribution in [0, 0.1) is 11.3 Å². The molecule has 3 atom stereocenters. The van der Waals surface area contributed by atoms with E-state index in [1.807, 2.05) is 11.9 Å². The summed E-state index contributed by atoms with van der Waals surface area (Å²) < 4.78 is 0. The van der Waals surface area contributed by atoms with Crippen molar-refractivity contribution in [2.75, 3.05) is 13.6 Å². The second kappa shape index (κ2) is 5.82. The van der Waals surface area contributed by atoms with Crippen LogP contribution in [0.15, 0.2) is 0 Å². The molecule has 1 saturated heterocycles. The Balaban J connectivity index is 1.94. The van der Waals surface area contributed by atoms with Crippen LogP contribution in [-0.2, 0) is 4.79 Å². The first-order valence-electron chi connectivity index (χ1n) is 7.88. The molecule has 110 valence electrons. The molecule has 0 aromatic rings. The maximum atomic E-state index is 11.6. The fourth-order valence-electron chi connectivity index (χ4n) is 3.82. The van der Waals surface area contributed by atoms with E-state index in [1.165, 1.54) is 25.7 Å². The Labute approximate surface area is 118 Å². The Morgan fingerprint density at radius 2 is 1.84 bits per heavy atom. The van der Waals surface area contributed by atoms with Gasteiger partial charge in [0.15, 0.2) is 0 Å². The van der Waals surface area contributed by atoms with Gasteiger partial charge in [-0.1, -0.05) is 33.6 Å². The predicted molar refractivity (Wildman–Crippen MR) is 79.0 cm³/mol. The zero-order chi connectivity index (χ0) is 14.0. The van der Waals surface area contributed by atoms with E-state index in [2.05, 4.69) is 26.1 Å². The molecule has 0 aromatic carbocycles. The van der Waals surface area contributed by atoms with Gasteiger partial charge < -0.3 is 10.2 Å². The molecule has 1 heterocycles. The van der Waals surface area contributed by atoms with Crippen molar-refractivity contribution >= 4 is 5.91 Å². The van der Waals surface area contributed by atoms with Crippen LogP contribution in [0.2, 0.25) is 0 Å². The van der Waals surface area contributed by atoms with Crippen LogP contribution in [0.1, 0.15) is 59.3 Å². The molecular weight excluding hydrogens is 236 g/mol. The molecule has 2 fully saturated rings. The topological polar surface area (TPSA) is 32.3 Å². The summed E-state index contributed by atoms with van der Waals surface area (Å²) in [5.74, 6) is 1.07. The average Bonchev–Trinajstić information content (AvgIpc) is 2.33. The van der Waals surface area contributed by atoms with E-state index in [-0.39, 0.29) is 0 Å². The monoisotopic (exact) mass is 266 g/mol. The number of nitrogens with one attached hydrogen (secondary N) is 1. The zero-order valence-corrected chi connectivity index (χ0v) is 13.0. The molecule has 19 heavy (non-hydrogen) atoms. The Hall–Kier alpha value is -0.570. The minimum Gasteiger partial charge on any atom is -0.344 e. The van der Waals surface area contributed by atoms with Crippen molar-refractivity contribution in [2.45, 2.75) is 71.4 Å². The molecule has 0 spiro atoms. The van der Waals surface area contributed by atoms with Crippen molar-refractivity contribution in [3.63, 3.8) is 0 Å². The van der Waals surface area contributed by atoms with Crippen LogP contribution in [0.5, 0.6) is 0 Å². The van der Waals surface area contributed by atoms with Crippen LogP contribution in [0.3, 0.4) is 0 Å². The molecule has 3 unspecified atom stereocenters. The summed E-state index contributed by atoms with van der Waals surface area (Å²) >= 11 is 0. The minimum atomic E-state index is 0.300. The van der Waals surface area contributed by atoms with Gasteiger partial charge in [0, 0.05) is 32.1 Å². The van der Waals surface area contributed by atoms with Gasteiger partial charge in [-0.15, -0.1) is 0 Å². The third-order valence-corrected chi connectivity index (χ3v) is 4.95. The van der Waals surface area contributed by atoms with Crippen molar-refractivity contribution in [3.05, 3.63) is 0 Å². The fraction of sp³-hybridized carbons (Fsp3) is 0.938. The van der Waals surface area contributed by atoms with Gasteiger partial charge >= 0.3 is 0 Å². The minimum absolute atomic E-state index is 0.300. The number of nitrogens with zero attached hydrogens (tertiary/aromatic N) is 1. The predicted octanol–water partition coefficient (Wildman–Crippen LogP) is 2.80. The number of rotatable bonds is 2. The van der Waals surface area contributed by atoms with E-state index in [4.69, 9.17) is 0 Å². The Morgan fingerprint density at radius 1 is 1.16 bits per heavy atom. The molecule has 1 N–H and O–H groups in total. The Bertz CT molecular complexity index is 321. The van der Waals surface area contributed by atoms with E-state index in [9.17, 15) is 4.79 Å². The highest BCUT2D eigenvalue weighted by Gasteiger charge is 2.35. The molecule has 1 aliphatic heterocycles. The number of piperidine rings is 1. The smallest absolute Gasteiger partial charge is 0.222 e. The number of likely N-dealkylation sites (tertiary alicyclic amines) is 1. The molecule has 0 bridgehead atoms. The van der Waals surface area contributed by atoms with Crippen molar-refractivity contribution in [1.82, 2.24) is 10.2 Å². The van der Waals surface area contributed by atoms with Gasteiger partial charge in [0.2, 0.25) is 5.91 Å². The van der Waals surface area contributed by atoms with Gasteiger partial charge in [-0.2, -0.15) is 0 Å². The van der Waals surface area contributed by atoms with E-state index in [1.54, 1.807) is 0 Å². The van der Waals surface area contributed by atoms with Crippen molar-refractivity contribution in [1.29, 1.82) is 0 Å². The molecule has 0 radical (unpaired) electrons. The summed E-state index contributed by atoms with van der Waals surface area (Å²) in [6.45, 7) is 7.99. The summed E-state index contributed by atoms with van der Waals surface area (Å²) in [5, 5.41) is 3.87. The molecule has 3 heteroatoms. The molecule has 2 aliphatic rings. The zero-order valence-electron chi connectivity index (χ0n) is 13.0. The lowest BCUT2D eigenvalue weighted by Gasteiger charge is -2.43. The number of amides is 1. The average molecular weight is 266 g/mol. The maximum absolute atomic E-state index is 11.6. The summed E-state index contributed by atoms with van der Waals surface area (Å²) in [5.41, 5.74) is 0.383. The summed E-state index contributed by atoms with van der Waals surface area (Å²) in [7, 11) is 1.93. The highest BCUT2D eigenvalue weighted by molar-refractivity contribution is 5.76. The molecule has 3 nitrogen and oxygen atoms in total. The first kappa shape index (κ1) is 14.8. The molecular formula is C16H30N2O. The van der Waals surface area contributed by atoms with E-state index < -0.39 is 0 Å². The second-order valence-electron chi connectivity index (χ2n) is 7.54. The fourth-order valence-corrected chi connectivity index (χ4v) is 3.82. The third-order valence-electron chi connectivity index (χ3n) is 4.95. The van der Waals surface area contributed by atoms with Gasteiger partial charge in [-0.05, 0) is 30.6 Å². The van der Waals surface area contributed by atoms with Crippen LogP contribution < -0.4 is 5.32 Å². The maximum Gasteiger partial charge on any atom is 0.222 e. The van der Waals surface area contributed by atoms with Crippen LogP contribution in [0.4, 0.5) is 0 Å². The van der Waals surface area contributed by atoms with Gasteiger partial charge in [-0.3, -0.25) is 4.79 Å². The number of carbonyl (C=O) groups excluding carboxylic acids is 1. The molecule has 0 aromatic heterocycles. The van der Waals surface area contributed by atoms with Crippen molar-refractivity contribution < 1.29 is 4.79 Å². The standard InChI is InChI=1S/C16H30N2O/c1-16(2,3)13-7-5-6-8-14(13)17-12-9-10-15(19)18(4)11-12/h12-14,17H,5-11H2,1-4H3. The summed E-state index contributed by atoms with van der Waals surface area (Å²) in [4.78, 5) is 13.4. The summed E-state index contributed by atoms with van der Waals surface area (Å²) in [6, 6.07) is 1.14. The number of carbonyl (C=O) groups is 1. The molecule has 1 amide bonds. The lowest BCUT2D eigenvalue weighted by Crippen LogP contribution is -2.54. The number of hydrogen-bond donors (Lipinski definition) is 1. The number of hydrogen-bond acceptors (Lipinski definition) is 2. The lowest BCUT2D eigenvalue weighted by molar-refractivity contribution is -0.132. The van der Waals surface area contributed by atoms with Crippen LogP contribution in [-0.4, -0.2) is 36.5 Å². The van der Waals surface area contributed by atoms with Gasteiger partial charge in [0.1, 0.15) is 0 Å². The van der Waals surface area contributed by atoms with Crippen molar-refractivity contribution in [3.8, 4) is 0 Å². The van der Waals surface area contributed by atoms with Gasteiger partial charge in [-0.25, -0.2) is 0 Å². The number of likely N-dealkylation sites (N-methyl/N-ethyl adjacent to an activating group) is 1. The SMILES string of the molecule is CN1CC(NC2CCCCC2C(C)(C)C)CCC1=O. The van der Waals surface area contributed by atoms with Crippen LogP contribution >= 0.6 is 0 Å². The third kappa shape index (κ3) is 3.71. The normalized spacial score (nSPS) is 33.6. The second-order valence-corrected chi connectivity index (χ2v) is 7.54.